The van der Waals surface area contributed by atoms with Crippen LogP contribution in [-0.2, 0) is 9.53 Å². The summed E-state index contributed by atoms with van der Waals surface area (Å²) in [5.74, 6) is 0.186. The molecule has 0 fully saturated rings. The van der Waals surface area contributed by atoms with Gasteiger partial charge in [0, 0.05) is 5.75 Å². The number of rotatable bonds is 5. The molecule has 0 saturated heterocycles. The summed E-state index contributed by atoms with van der Waals surface area (Å²) in [7, 11) is 0. The lowest BCUT2D eigenvalue weighted by Crippen LogP contribution is -2.05. The summed E-state index contributed by atoms with van der Waals surface area (Å²) in [6.45, 7) is 2.42. The van der Waals surface area contributed by atoms with E-state index in [9.17, 15) is 4.79 Å². The van der Waals surface area contributed by atoms with Crippen LogP contribution in [0.2, 0.25) is 0 Å². The highest BCUT2D eigenvalue weighted by Crippen LogP contribution is 1.96. The second-order valence-corrected chi connectivity index (χ2v) is 2.47. The molecule has 0 aromatic rings. The Morgan fingerprint density at radius 3 is 2.90 bits per heavy atom. The third-order valence-corrected chi connectivity index (χ3v) is 1.25. The van der Waals surface area contributed by atoms with Crippen molar-refractivity contribution in [3.05, 3.63) is 0 Å². The molecule has 1 N–H and O–H groups in total. The van der Waals surface area contributed by atoms with Crippen molar-refractivity contribution in [3.8, 4) is 0 Å². The first-order chi connectivity index (χ1) is 4.81. The van der Waals surface area contributed by atoms with Gasteiger partial charge in [-0.25, -0.2) is 0 Å². The molecule has 0 rings (SSSR count). The Hall–Kier alpha value is -0.220. The average Bonchev–Trinajstić information content (AvgIpc) is 1.97. The zero-order valence-electron chi connectivity index (χ0n) is 6.00. The van der Waals surface area contributed by atoms with E-state index in [1.165, 1.54) is 0 Å². The van der Waals surface area contributed by atoms with E-state index in [-0.39, 0.29) is 5.97 Å². The van der Waals surface area contributed by atoms with Crippen molar-refractivity contribution in [1.82, 2.24) is 0 Å². The number of esters is 1. The van der Waals surface area contributed by atoms with Gasteiger partial charge >= 0.3 is 5.97 Å². The summed E-state index contributed by atoms with van der Waals surface area (Å²) in [5.41, 5.74) is 0. The smallest absolute Gasteiger partial charge is 0.306 e. The standard InChI is InChI=1S/C6H12O3S/c1-2-4-9-6(7)3-5-10-8/h8H,2-5H2,1H3. The van der Waals surface area contributed by atoms with E-state index in [0.29, 0.717) is 30.8 Å². The van der Waals surface area contributed by atoms with Crippen LogP contribution in [0.15, 0.2) is 0 Å². The molecule has 0 aliphatic rings. The molecule has 0 amide bonds. The van der Waals surface area contributed by atoms with Gasteiger partial charge in [0.05, 0.1) is 13.0 Å². The van der Waals surface area contributed by atoms with Crippen LogP contribution in [0.5, 0.6) is 0 Å². The van der Waals surface area contributed by atoms with Crippen LogP contribution in [0.25, 0.3) is 0 Å². The molecule has 0 aromatic heterocycles. The fourth-order valence-electron chi connectivity index (χ4n) is 0.417. The fraction of sp³-hybridized carbons (Fsp3) is 0.833. The maximum absolute atomic E-state index is 10.6. The molecule has 0 aromatic carbocycles. The monoisotopic (exact) mass is 164 g/mol. The maximum atomic E-state index is 10.6. The minimum absolute atomic E-state index is 0.233. The Morgan fingerprint density at radius 1 is 1.70 bits per heavy atom. The number of hydrogen-bond donors (Lipinski definition) is 1. The Morgan fingerprint density at radius 2 is 2.40 bits per heavy atom. The van der Waals surface area contributed by atoms with Gasteiger partial charge in [-0.2, -0.15) is 0 Å². The molecule has 0 aliphatic carbocycles. The maximum Gasteiger partial charge on any atom is 0.306 e. The zero-order valence-corrected chi connectivity index (χ0v) is 6.82. The van der Waals surface area contributed by atoms with Gasteiger partial charge in [0.25, 0.3) is 0 Å². The Bertz CT molecular complexity index is 85.0. The molecule has 0 bridgehead atoms. The van der Waals surface area contributed by atoms with Gasteiger partial charge in [-0.15, -0.1) is 0 Å². The summed E-state index contributed by atoms with van der Waals surface area (Å²) in [4.78, 5) is 10.6. The summed E-state index contributed by atoms with van der Waals surface area (Å²) < 4.78 is 13.0. The van der Waals surface area contributed by atoms with Crippen LogP contribution in [0.3, 0.4) is 0 Å². The van der Waals surface area contributed by atoms with Crippen LogP contribution in [0.4, 0.5) is 0 Å². The SMILES string of the molecule is CCCOC(=O)CCSO. The molecule has 0 unspecified atom stereocenters. The molecule has 0 aliphatic heterocycles. The van der Waals surface area contributed by atoms with Gasteiger partial charge in [-0.05, 0) is 18.5 Å². The highest BCUT2D eigenvalue weighted by Gasteiger charge is 1.99. The number of hydrogen-bond acceptors (Lipinski definition) is 4. The van der Waals surface area contributed by atoms with Crippen LogP contribution >= 0.6 is 12.0 Å². The van der Waals surface area contributed by atoms with Crippen LogP contribution in [0.1, 0.15) is 19.8 Å². The second kappa shape index (κ2) is 6.89. The van der Waals surface area contributed by atoms with E-state index in [1.54, 1.807) is 0 Å². The van der Waals surface area contributed by atoms with Crippen molar-refractivity contribution in [3.63, 3.8) is 0 Å². The van der Waals surface area contributed by atoms with Crippen molar-refractivity contribution in [2.75, 3.05) is 12.4 Å². The minimum atomic E-state index is -0.233. The molecular formula is C6H12O3S. The van der Waals surface area contributed by atoms with Gasteiger partial charge < -0.3 is 9.29 Å². The summed E-state index contributed by atoms with van der Waals surface area (Å²) in [6.07, 6.45) is 1.14. The number of carbonyl (C=O) groups is 1. The first-order valence-electron chi connectivity index (χ1n) is 3.23. The van der Waals surface area contributed by atoms with E-state index in [0.717, 1.165) is 6.42 Å². The molecule has 60 valence electrons. The van der Waals surface area contributed by atoms with Gasteiger partial charge in [-0.1, -0.05) is 6.92 Å². The van der Waals surface area contributed by atoms with Gasteiger partial charge in [0.2, 0.25) is 0 Å². The molecular weight excluding hydrogens is 152 g/mol. The summed E-state index contributed by atoms with van der Waals surface area (Å²) in [6, 6.07) is 0. The highest BCUT2D eigenvalue weighted by atomic mass is 32.2. The number of ether oxygens (including phenoxy) is 1. The first kappa shape index (κ1) is 9.78. The van der Waals surface area contributed by atoms with Gasteiger partial charge in [0.1, 0.15) is 0 Å². The van der Waals surface area contributed by atoms with E-state index in [2.05, 4.69) is 0 Å². The van der Waals surface area contributed by atoms with E-state index in [4.69, 9.17) is 9.29 Å². The summed E-state index contributed by atoms with van der Waals surface area (Å²) in [5, 5.41) is 0. The molecule has 0 spiro atoms. The van der Waals surface area contributed by atoms with E-state index >= 15 is 0 Å². The lowest BCUT2D eigenvalue weighted by molar-refractivity contribution is -0.143. The zero-order chi connectivity index (χ0) is 7.82. The van der Waals surface area contributed by atoms with Gasteiger partial charge in [-0.3, -0.25) is 4.79 Å². The molecule has 0 radical (unpaired) electrons. The van der Waals surface area contributed by atoms with Crippen molar-refractivity contribution in [2.24, 2.45) is 0 Å². The predicted molar refractivity (Wildman–Crippen MR) is 41.0 cm³/mol. The highest BCUT2D eigenvalue weighted by molar-refractivity contribution is 7.93. The van der Waals surface area contributed by atoms with Crippen molar-refractivity contribution < 1.29 is 14.1 Å². The lowest BCUT2D eigenvalue weighted by atomic mass is 10.5. The molecule has 0 heterocycles. The third kappa shape index (κ3) is 5.91. The quantitative estimate of drug-likeness (QED) is 0.494. The molecule has 10 heavy (non-hydrogen) atoms. The fourth-order valence-corrected chi connectivity index (χ4v) is 0.675. The second-order valence-electron chi connectivity index (χ2n) is 1.80. The van der Waals surface area contributed by atoms with E-state index in [1.807, 2.05) is 6.92 Å². The van der Waals surface area contributed by atoms with Crippen LogP contribution < -0.4 is 0 Å². The van der Waals surface area contributed by atoms with Crippen LogP contribution in [-0.4, -0.2) is 22.9 Å². The molecule has 4 heteroatoms. The largest absolute Gasteiger partial charge is 0.466 e. The van der Waals surface area contributed by atoms with Crippen molar-refractivity contribution in [1.29, 1.82) is 0 Å². The topological polar surface area (TPSA) is 46.5 Å². The van der Waals surface area contributed by atoms with E-state index < -0.39 is 0 Å². The number of carbonyl (C=O) groups excluding carboxylic acids is 1. The average molecular weight is 164 g/mol. The minimum Gasteiger partial charge on any atom is -0.466 e. The molecule has 3 nitrogen and oxygen atoms in total. The summed E-state index contributed by atoms with van der Waals surface area (Å²) >= 11 is 0.663. The first-order valence-corrected chi connectivity index (χ1v) is 4.17. The Kier molecular flexibility index (Phi) is 6.74. The predicted octanol–water partition coefficient (Wildman–Crippen LogP) is 1.54. The Labute approximate surface area is 65.0 Å². The lowest BCUT2D eigenvalue weighted by Gasteiger charge is -1.99. The van der Waals surface area contributed by atoms with Crippen molar-refractivity contribution in [2.45, 2.75) is 19.8 Å². The molecule has 0 saturated carbocycles. The normalized spacial score (nSPS) is 9.40. The van der Waals surface area contributed by atoms with Crippen LogP contribution in [0, 0.1) is 0 Å². The third-order valence-electron chi connectivity index (χ3n) is 0.865. The van der Waals surface area contributed by atoms with Gasteiger partial charge in [0.15, 0.2) is 0 Å². The Balaban J connectivity index is 3.09. The molecule has 0 atom stereocenters. The van der Waals surface area contributed by atoms with Crippen molar-refractivity contribution >= 4 is 18.0 Å².